The van der Waals surface area contributed by atoms with Crippen LogP contribution in [0.2, 0.25) is 0 Å². The van der Waals surface area contributed by atoms with Crippen molar-refractivity contribution in [1.82, 2.24) is 4.90 Å². The normalized spacial score (nSPS) is 12.6. The van der Waals surface area contributed by atoms with E-state index in [2.05, 4.69) is 32.6 Å². The van der Waals surface area contributed by atoms with Crippen LogP contribution in [-0.4, -0.2) is 82.4 Å². The fraction of sp³-hybridized carbons (Fsp3) is 0.935. The number of hydrogen-bond acceptors (Lipinski definition) is 8. The van der Waals surface area contributed by atoms with E-state index in [1.54, 1.807) is 0 Å². The fourth-order valence-corrected chi connectivity index (χ4v) is 6.78. The third-order valence-electron chi connectivity index (χ3n) is 10.4. The van der Waals surface area contributed by atoms with Crippen molar-refractivity contribution in [2.24, 2.45) is 11.8 Å². The van der Waals surface area contributed by atoms with Gasteiger partial charge in [0.1, 0.15) is 12.2 Å². The zero-order chi connectivity index (χ0) is 39.6. The van der Waals surface area contributed by atoms with Crippen molar-refractivity contribution < 1.29 is 33.3 Å². The van der Waals surface area contributed by atoms with Crippen LogP contribution < -0.4 is 0 Å². The number of ether oxygens (including phenoxy) is 4. The highest BCUT2D eigenvalue weighted by molar-refractivity contribution is 5.73. The van der Waals surface area contributed by atoms with E-state index in [1.165, 1.54) is 64.2 Å². The number of aldehydes is 1. The molecule has 0 aromatic carbocycles. The molecule has 0 aliphatic heterocycles. The van der Waals surface area contributed by atoms with E-state index in [4.69, 9.17) is 18.9 Å². The second-order valence-electron chi connectivity index (χ2n) is 15.7. The molecule has 0 fully saturated rings. The molecule has 54 heavy (non-hydrogen) atoms. The molecular weight excluding hydrogens is 679 g/mol. The SMILES string of the molecule is CCCCCCCCC(CCCCCC)C(=O)OCCCCCCN(CCCC=O)CCCCCCOC(=O)C(COCCCC)COCCCCCC. The summed E-state index contributed by atoms with van der Waals surface area (Å²) in [6, 6.07) is 0. The van der Waals surface area contributed by atoms with Crippen LogP contribution in [0.1, 0.15) is 207 Å². The molecule has 0 N–H and O–H groups in total. The average molecular weight is 768 g/mol. The lowest BCUT2D eigenvalue weighted by Gasteiger charge is -2.22. The topological polar surface area (TPSA) is 91.4 Å². The molecule has 0 aliphatic carbocycles. The quantitative estimate of drug-likeness (QED) is 0.0344. The average Bonchev–Trinajstić information content (AvgIpc) is 3.17. The number of esters is 2. The van der Waals surface area contributed by atoms with Crippen LogP contribution in [0, 0.1) is 11.8 Å². The van der Waals surface area contributed by atoms with Crippen molar-refractivity contribution in [1.29, 1.82) is 0 Å². The molecule has 8 heteroatoms. The fourth-order valence-electron chi connectivity index (χ4n) is 6.78. The second-order valence-corrected chi connectivity index (χ2v) is 15.7. The van der Waals surface area contributed by atoms with Crippen LogP contribution >= 0.6 is 0 Å². The molecule has 0 radical (unpaired) electrons. The number of carbonyl (C=O) groups excluding carboxylic acids is 3. The summed E-state index contributed by atoms with van der Waals surface area (Å²) in [7, 11) is 0. The van der Waals surface area contributed by atoms with Gasteiger partial charge >= 0.3 is 11.9 Å². The van der Waals surface area contributed by atoms with Crippen molar-refractivity contribution >= 4 is 18.2 Å². The van der Waals surface area contributed by atoms with Gasteiger partial charge in [0.05, 0.1) is 32.3 Å². The second kappa shape index (κ2) is 42.6. The molecule has 0 saturated heterocycles. The first-order valence-electron chi connectivity index (χ1n) is 23.2. The van der Waals surface area contributed by atoms with Gasteiger partial charge in [-0.1, -0.05) is 143 Å². The standard InChI is InChI=1S/C46H89NO7/c1-5-9-13-16-17-23-32-43(31-22-14-10-6-2)45(49)53-39-29-20-18-24-33-47(35-26-27-36-48)34-25-19-21-30-40-54-46(50)44(41-51-37-12-8-4)42-52-38-28-15-11-7-3/h36,43-44H,5-35,37-42H2,1-4H3. The van der Waals surface area contributed by atoms with Crippen molar-refractivity contribution in [3.8, 4) is 0 Å². The predicted octanol–water partition coefficient (Wildman–Crippen LogP) is 11.8. The van der Waals surface area contributed by atoms with Gasteiger partial charge in [0, 0.05) is 19.6 Å². The Hall–Kier alpha value is -1.51. The molecule has 320 valence electrons. The minimum atomic E-state index is -0.361. The van der Waals surface area contributed by atoms with E-state index < -0.39 is 0 Å². The van der Waals surface area contributed by atoms with Gasteiger partial charge in [0.2, 0.25) is 0 Å². The van der Waals surface area contributed by atoms with Gasteiger partial charge in [-0.15, -0.1) is 0 Å². The molecule has 2 unspecified atom stereocenters. The minimum absolute atomic E-state index is 0.0364. The summed E-state index contributed by atoms with van der Waals surface area (Å²) in [5.74, 6) is -0.454. The third kappa shape index (κ3) is 34.9. The monoisotopic (exact) mass is 768 g/mol. The first-order chi connectivity index (χ1) is 26.5. The van der Waals surface area contributed by atoms with Gasteiger partial charge in [-0.25, -0.2) is 0 Å². The zero-order valence-electron chi connectivity index (χ0n) is 36.2. The van der Waals surface area contributed by atoms with E-state index in [1.807, 2.05) is 0 Å². The van der Waals surface area contributed by atoms with Crippen LogP contribution in [0.3, 0.4) is 0 Å². The van der Waals surface area contributed by atoms with E-state index >= 15 is 0 Å². The lowest BCUT2D eigenvalue weighted by Crippen LogP contribution is -2.28. The van der Waals surface area contributed by atoms with Crippen molar-refractivity contribution in [2.45, 2.75) is 207 Å². The summed E-state index contributed by atoms with van der Waals surface area (Å²) < 4.78 is 23.0. The molecule has 0 saturated carbocycles. The highest BCUT2D eigenvalue weighted by Gasteiger charge is 2.21. The maximum absolute atomic E-state index is 13.0. The van der Waals surface area contributed by atoms with Crippen molar-refractivity contribution in [3.63, 3.8) is 0 Å². The molecule has 0 heterocycles. The van der Waals surface area contributed by atoms with E-state index in [9.17, 15) is 14.4 Å². The highest BCUT2D eigenvalue weighted by Crippen LogP contribution is 2.21. The highest BCUT2D eigenvalue weighted by atomic mass is 16.5. The first-order valence-corrected chi connectivity index (χ1v) is 23.2. The molecule has 0 bridgehead atoms. The largest absolute Gasteiger partial charge is 0.465 e. The molecule has 0 aromatic heterocycles. The van der Waals surface area contributed by atoms with E-state index in [0.29, 0.717) is 46.1 Å². The zero-order valence-corrected chi connectivity index (χ0v) is 36.2. The number of hydrogen-bond donors (Lipinski definition) is 0. The molecule has 0 aromatic rings. The molecular formula is C46H89NO7. The Bertz CT molecular complexity index is 752. The van der Waals surface area contributed by atoms with Crippen LogP contribution in [0.4, 0.5) is 0 Å². The molecule has 0 amide bonds. The Morgan fingerprint density at radius 3 is 1.37 bits per heavy atom. The third-order valence-corrected chi connectivity index (χ3v) is 10.4. The molecule has 0 spiro atoms. The van der Waals surface area contributed by atoms with E-state index in [-0.39, 0.29) is 23.8 Å². The lowest BCUT2D eigenvalue weighted by atomic mass is 9.94. The van der Waals surface area contributed by atoms with Crippen LogP contribution in [0.15, 0.2) is 0 Å². The predicted molar refractivity (Wildman–Crippen MR) is 225 cm³/mol. The summed E-state index contributed by atoms with van der Waals surface area (Å²) in [6.07, 6.45) is 31.8. The maximum Gasteiger partial charge on any atom is 0.313 e. The number of unbranched alkanes of at least 4 members (excludes halogenated alkanes) is 19. The van der Waals surface area contributed by atoms with Gasteiger partial charge in [0.15, 0.2) is 0 Å². The Morgan fingerprint density at radius 2 is 0.833 bits per heavy atom. The van der Waals surface area contributed by atoms with Crippen molar-refractivity contribution in [2.75, 3.05) is 59.3 Å². The molecule has 2 atom stereocenters. The minimum Gasteiger partial charge on any atom is -0.465 e. The van der Waals surface area contributed by atoms with Crippen LogP contribution in [0.25, 0.3) is 0 Å². The summed E-state index contributed by atoms with van der Waals surface area (Å²) in [5.41, 5.74) is 0. The number of carbonyl (C=O) groups is 3. The van der Waals surface area contributed by atoms with Crippen molar-refractivity contribution in [3.05, 3.63) is 0 Å². The summed E-state index contributed by atoms with van der Waals surface area (Å²) >= 11 is 0. The van der Waals surface area contributed by atoms with Gasteiger partial charge in [-0.2, -0.15) is 0 Å². The van der Waals surface area contributed by atoms with E-state index in [0.717, 1.165) is 135 Å². The lowest BCUT2D eigenvalue weighted by molar-refractivity contribution is -0.153. The smallest absolute Gasteiger partial charge is 0.313 e. The van der Waals surface area contributed by atoms with Gasteiger partial charge in [-0.05, 0) is 77.4 Å². The van der Waals surface area contributed by atoms with Crippen LogP contribution in [-0.2, 0) is 33.3 Å². The summed E-state index contributed by atoms with van der Waals surface area (Å²) in [5, 5.41) is 0. The van der Waals surface area contributed by atoms with Gasteiger partial charge in [0.25, 0.3) is 0 Å². The Labute approximate surface area is 334 Å². The van der Waals surface area contributed by atoms with Gasteiger partial charge < -0.3 is 28.6 Å². The number of nitrogens with zero attached hydrogens (tertiary/aromatic N) is 1. The molecule has 0 aliphatic rings. The maximum atomic E-state index is 13.0. The Balaban J connectivity index is 4.36. The van der Waals surface area contributed by atoms with Gasteiger partial charge in [-0.3, -0.25) is 9.59 Å². The summed E-state index contributed by atoms with van der Waals surface area (Å²) in [4.78, 5) is 39.2. The van der Waals surface area contributed by atoms with Crippen LogP contribution in [0.5, 0.6) is 0 Å². The first kappa shape index (κ1) is 52.5. The molecule has 0 rings (SSSR count). The Morgan fingerprint density at radius 1 is 0.444 bits per heavy atom. The summed E-state index contributed by atoms with van der Waals surface area (Å²) in [6.45, 7) is 14.9. The Kier molecular flexibility index (Phi) is 41.4. The number of rotatable bonds is 44. The molecule has 8 nitrogen and oxygen atoms in total.